The van der Waals surface area contributed by atoms with Crippen LogP contribution in [0.3, 0.4) is 0 Å². The van der Waals surface area contributed by atoms with Gasteiger partial charge in [0.05, 0.1) is 0 Å². The van der Waals surface area contributed by atoms with Crippen LogP contribution < -0.4 is 5.73 Å². The van der Waals surface area contributed by atoms with Crippen molar-refractivity contribution < 1.29 is 0 Å². The standard InChI is InChI=1S/C15H30N2S/c1-11(2)13-4-5-15(16)14(8-13)9-17-6-7-18-10-12(17)3/h11-15H,4-10,16H2,1-3H3. The largest absolute Gasteiger partial charge is 0.327 e. The molecule has 2 nitrogen and oxygen atoms in total. The molecule has 2 N–H and O–H groups in total. The highest BCUT2D eigenvalue weighted by atomic mass is 32.2. The zero-order valence-electron chi connectivity index (χ0n) is 12.3. The van der Waals surface area contributed by atoms with Gasteiger partial charge in [0.1, 0.15) is 0 Å². The minimum Gasteiger partial charge on any atom is -0.327 e. The first-order valence-corrected chi connectivity index (χ1v) is 8.80. The molecule has 0 aromatic heterocycles. The highest BCUT2D eigenvalue weighted by Crippen LogP contribution is 2.34. The van der Waals surface area contributed by atoms with E-state index in [1.54, 1.807) is 0 Å². The lowest BCUT2D eigenvalue weighted by Crippen LogP contribution is -2.48. The van der Waals surface area contributed by atoms with E-state index in [-0.39, 0.29) is 0 Å². The summed E-state index contributed by atoms with van der Waals surface area (Å²) in [6.07, 6.45) is 3.94. The molecule has 2 aliphatic rings. The van der Waals surface area contributed by atoms with Crippen LogP contribution in [0, 0.1) is 17.8 Å². The highest BCUT2D eigenvalue weighted by molar-refractivity contribution is 7.99. The molecule has 1 heterocycles. The Morgan fingerprint density at radius 2 is 2.11 bits per heavy atom. The molecule has 1 aliphatic carbocycles. The van der Waals surface area contributed by atoms with Crippen molar-refractivity contribution in [3.63, 3.8) is 0 Å². The molecule has 0 bridgehead atoms. The number of thioether (sulfide) groups is 1. The van der Waals surface area contributed by atoms with Crippen LogP contribution in [0.5, 0.6) is 0 Å². The van der Waals surface area contributed by atoms with Crippen molar-refractivity contribution in [3.05, 3.63) is 0 Å². The van der Waals surface area contributed by atoms with Gasteiger partial charge in [-0.15, -0.1) is 0 Å². The van der Waals surface area contributed by atoms with Crippen LogP contribution in [-0.4, -0.2) is 41.6 Å². The molecule has 0 amide bonds. The van der Waals surface area contributed by atoms with Gasteiger partial charge in [0.25, 0.3) is 0 Å². The van der Waals surface area contributed by atoms with Crippen molar-refractivity contribution in [2.75, 3.05) is 24.6 Å². The molecule has 4 atom stereocenters. The third kappa shape index (κ3) is 3.64. The molecule has 2 fully saturated rings. The highest BCUT2D eigenvalue weighted by Gasteiger charge is 2.32. The molecule has 0 aromatic carbocycles. The Hall–Kier alpha value is 0.270. The maximum absolute atomic E-state index is 6.37. The van der Waals surface area contributed by atoms with E-state index in [1.165, 1.54) is 43.9 Å². The van der Waals surface area contributed by atoms with Crippen molar-refractivity contribution in [3.8, 4) is 0 Å². The average Bonchev–Trinajstić information content (AvgIpc) is 2.34. The molecule has 0 aromatic rings. The predicted octanol–water partition coefficient (Wildman–Crippen LogP) is 2.82. The maximum atomic E-state index is 6.37. The SMILES string of the molecule is CC(C)C1CCC(N)C(CN2CCSCC2C)C1. The molecular weight excluding hydrogens is 240 g/mol. The summed E-state index contributed by atoms with van der Waals surface area (Å²) in [7, 11) is 0. The van der Waals surface area contributed by atoms with Crippen molar-refractivity contribution in [2.24, 2.45) is 23.5 Å². The summed E-state index contributed by atoms with van der Waals surface area (Å²) in [6, 6.07) is 1.19. The molecular formula is C15H30N2S. The molecule has 18 heavy (non-hydrogen) atoms. The molecule has 1 aliphatic heterocycles. The molecule has 0 spiro atoms. The molecule has 0 radical (unpaired) electrons. The van der Waals surface area contributed by atoms with Crippen LogP contribution in [0.25, 0.3) is 0 Å². The van der Waals surface area contributed by atoms with Gasteiger partial charge in [0, 0.05) is 36.7 Å². The lowest BCUT2D eigenvalue weighted by atomic mass is 9.73. The van der Waals surface area contributed by atoms with Crippen LogP contribution in [-0.2, 0) is 0 Å². The Morgan fingerprint density at radius 3 is 2.78 bits per heavy atom. The normalized spacial score (nSPS) is 39.2. The number of nitrogens with two attached hydrogens (primary N) is 1. The smallest absolute Gasteiger partial charge is 0.0158 e. The third-order valence-corrected chi connectivity index (χ3v) is 6.19. The first kappa shape index (κ1) is 14.7. The van der Waals surface area contributed by atoms with E-state index in [0.29, 0.717) is 6.04 Å². The van der Waals surface area contributed by atoms with Crippen molar-refractivity contribution >= 4 is 11.8 Å². The van der Waals surface area contributed by atoms with E-state index in [1.807, 2.05) is 0 Å². The Morgan fingerprint density at radius 1 is 1.33 bits per heavy atom. The summed E-state index contributed by atoms with van der Waals surface area (Å²) in [5.74, 6) is 5.07. The third-order valence-electron chi connectivity index (χ3n) is 5.00. The van der Waals surface area contributed by atoms with Crippen molar-refractivity contribution in [1.29, 1.82) is 0 Å². The quantitative estimate of drug-likeness (QED) is 0.855. The summed E-state index contributed by atoms with van der Waals surface area (Å²) in [5.41, 5.74) is 6.37. The zero-order valence-corrected chi connectivity index (χ0v) is 13.1. The van der Waals surface area contributed by atoms with Gasteiger partial charge in [-0.3, -0.25) is 4.90 Å². The summed E-state index contributed by atoms with van der Waals surface area (Å²) >= 11 is 2.10. The topological polar surface area (TPSA) is 29.3 Å². The van der Waals surface area contributed by atoms with Crippen LogP contribution in [0.15, 0.2) is 0 Å². The molecule has 2 rings (SSSR count). The Balaban J connectivity index is 1.89. The van der Waals surface area contributed by atoms with Crippen LogP contribution in [0.2, 0.25) is 0 Å². The Labute approximate surface area is 117 Å². The van der Waals surface area contributed by atoms with Gasteiger partial charge >= 0.3 is 0 Å². The van der Waals surface area contributed by atoms with Gasteiger partial charge in [-0.05, 0) is 43.9 Å². The summed E-state index contributed by atoms with van der Waals surface area (Å²) < 4.78 is 0. The van der Waals surface area contributed by atoms with Crippen molar-refractivity contribution in [2.45, 2.75) is 52.1 Å². The fourth-order valence-corrected chi connectivity index (χ4v) is 4.56. The number of hydrogen-bond donors (Lipinski definition) is 1. The first-order chi connectivity index (χ1) is 8.58. The Kier molecular flexibility index (Phi) is 5.40. The van der Waals surface area contributed by atoms with Crippen LogP contribution in [0.1, 0.15) is 40.0 Å². The van der Waals surface area contributed by atoms with Gasteiger partial charge in [0.2, 0.25) is 0 Å². The second-order valence-corrected chi connectivity index (χ2v) is 7.81. The van der Waals surface area contributed by atoms with Gasteiger partial charge < -0.3 is 5.73 Å². The van der Waals surface area contributed by atoms with Crippen LogP contribution >= 0.6 is 11.8 Å². The fraction of sp³-hybridized carbons (Fsp3) is 1.00. The van der Waals surface area contributed by atoms with E-state index >= 15 is 0 Å². The minimum atomic E-state index is 0.446. The number of hydrogen-bond acceptors (Lipinski definition) is 3. The average molecular weight is 270 g/mol. The molecule has 1 saturated carbocycles. The lowest BCUT2D eigenvalue weighted by molar-refractivity contribution is 0.122. The van der Waals surface area contributed by atoms with E-state index in [9.17, 15) is 0 Å². The van der Waals surface area contributed by atoms with Crippen LogP contribution in [0.4, 0.5) is 0 Å². The summed E-state index contributed by atoms with van der Waals surface area (Å²) in [4.78, 5) is 2.68. The number of nitrogens with zero attached hydrogens (tertiary/aromatic N) is 1. The second-order valence-electron chi connectivity index (χ2n) is 6.66. The fourth-order valence-electron chi connectivity index (χ4n) is 3.47. The van der Waals surface area contributed by atoms with Crippen molar-refractivity contribution in [1.82, 2.24) is 4.90 Å². The van der Waals surface area contributed by atoms with E-state index in [4.69, 9.17) is 5.73 Å². The first-order valence-electron chi connectivity index (χ1n) is 7.65. The van der Waals surface area contributed by atoms with Gasteiger partial charge in [-0.25, -0.2) is 0 Å². The molecule has 3 heteroatoms. The Bertz CT molecular complexity index is 257. The van der Waals surface area contributed by atoms with Gasteiger partial charge in [0.15, 0.2) is 0 Å². The molecule has 106 valence electrons. The summed E-state index contributed by atoms with van der Waals surface area (Å²) in [5, 5.41) is 0. The lowest BCUT2D eigenvalue weighted by Gasteiger charge is -2.41. The maximum Gasteiger partial charge on any atom is 0.0158 e. The summed E-state index contributed by atoms with van der Waals surface area (Å²) in [6.45, 7) is 9.63. The van der Waals surface area contributed by atoms with Gasteiger partial charge in [-0.2, -0.15) is 11.8 Å². The molecule has 4 unspecified atom stereocenters. The zero-order chi connectivity index (χ0) is 13.1. The number of rotatable bonds is 3. The predicted molar refractivity (Wildman–Crippen MR) is 82.0 cm³/mol. The second kappa shape index (κ2) is 6.62. The van der Waals surface area contributed by atoms with E-state index in [0.717, 1.165) is 23.8 Å². The van der Waals surface area contributed by atoms with Gasteiger partial charge in [-0.1, -0.05) is 13.8 Å². The monoisotopic (exact) mass is 270 g/mol. The minimum absolute atomic E-state index is 0.446. The molecule has 1 saturated heterocycles. The van der Waals surface area contributed by atoms with E-state index < -0.39 is 0 Å². The van der Waals surface area contributed by atoms with E-state index in [2.05, 4.69) is 37.4 Å².